The van der Waals surface area contributed by atoms with Gasteiger partial charge in [-0.2, -0.15) is 0 Å². The number of hydrogen-bond acceptors (Lipinski definition) is 4. The predicted octanol–water partition coefficient (Wildman–Crippen LogP) is 3.85. The van der Waals surface area contributed by atoms with Gasteiger partial charge in [0.25, 0.3) is 0 Å². The fourth-order valence-electron chi connectivity index (χ4n) is 1.12. The average molecular weight is 245 g/mol. The van der Waals surface area contributed by atoms with Gasteiger partial charge in [-0.15, -0.1) is 23.1 Å². The number of hydrogen-bond donors (Lipinski definition) is 0. The van der Waals surface area contributed by atoms with Crippen LogP contribution in [0.2, 0.25) is 5.28 Å². The van der Waals surface area contributed by atoms with Gasteiger partial charge in [0.05, 0.1) is 0 Å². The van der Waals surface area contributed by atoms with Crippen molar-refractivity contribution in [1.29, 1.82) is 0 Å². The zero-order valence-corrected chi connectivity index (χ0v) is 10.2. The number of halogens is 1. The van der Waals surface area contributed by atoms with E-state index in [1.807, 2.05) is 11.4 Å². The lowest BCUT2D eigenvalue weighted by atomic mass is 10.4. The first kappa shape index (κ1) is 10.2. The van der Waals surface area contributed by atoms with E-state index < -0.39 is 0 Å². The predicted molar refractivity (Wildman–Crippen MR) is 63.4 cm³/mol. The van der Waals surface area contributed by atoms with Gasteiger partial charge >= 0.3 is 0 Å². The lowest BCUT2D eigenvalue weighted by molar-refractivity contribution is 1.07. The molecule has 2 aromatic rings. The Morgan fingerprint density at radius 3 is 2.93 bits per heavy atom. The summed E-state index contributed by atoms with van der Waals surface area (Å²) in [6, 6.07) is 2.04. The Balaban J connectivity index is 2.55. The summed E-state index contributed by atoms with van der Waals surface area (Å²) in [5.41, 5.74) is 0. The molecule has 0 atom stereocenters. The monoisotopic (exact) mass is 244 g/mol. The van der Waals surface area contributed by atoms with Crippen molar-refractivity contribution in [1.82, 2.24) is 9.97 Å². The second kappa shape index (κ2) is 4.04. The number of thioether (sulfide) groups is 1. The highest BCUT2D eigenvalue weighted by atomic mass is 35.5. The van der Waals surface area contributed by atoms with E-state index >= 15 is 0 Å². The maximum absolute atomic E-state index is 5.84. The molecule has 0 aliphatic carbocycles. The molecule has 0 amide bonds. The Kier molecular flexibility index (Phi) is 2.95. The molecule has 0 saturated carbocycles. The minimum absolute atomic E-state index is 0.336. The molecular formula is C9H9ClN2S2. The molecule has 0 N–H and O–H groups in total. The van der Waals surface area contributed by atoms with Crippen molar-refractivity contribution in [2.75, 3.05) is 0 Å². The Hall–Kier alpha value is -0.320. The summed E-state index contributed by atoms with van der Waals surface area (Å²) in [4.78, 5) is 9.37. The molecule has 2 aromatic heterocycles. The minimum atomic E-state index is 0.336. The number of rotatable bonds is 2. The van der Waals surface area contributed by atoms with E-state index in [9.17, 15) is 0 Å². The molecule has 2 nitrogen and oxygen atoms in total. The molecule has 0 radical (unpaired) electrons. The number of aromatic nitrogens is 2. The summed E-state index contributed by atoms with van der Waals surface area (Å²) in [6.07, 6.45) is 0. The molecule has 5 heteroatoms. The van der Waals surface area contributed by atoms with Gasteiger partial charge in [-0.3, -0.25) is 0 Å². The zero-order chi connectivity index (χ0) is 10.1. The van der Waals surface area contributed by atoms with E-state index in [1.165, 1.54) is 0 Å². The molecule has 2 rings (SSSR count). The smallest absolute Gasteiger partial charge is 0.211 e. The summed E-state index contributed by atoms with van der Waals surface area (Å²) in [5, 5.41) is 4.95. The molecule has 0 saturated heterocycles. The first-order valence-corrected chi connectivity index (χ1v) is 6.38. The highest BCUT2D eigenvalue weighted by molar-refractivity contribution is 8.00. The second-order valence-electron chi connectivity index (χ2n) is 3.10. The van der Waals surface area contributed by atoms with Crippen molar-refractivity contribution >= 4 is 44.9 Å². The molecule has 14 heavy (non-hydrogen) atoms. The number of thiophene rings is 1. The maximum Gasteiger partial charge on any atom is 0.224 e. The van der Waals surface area contributed by atoms with Gasteiger partial charge in [-0.25, -0.2) is 9.97 Å². The van der Waals surface area contributed by atoms with Gasteiger partial charge in [0.2, 0.25) is 5.28 Å². The Labute approximate surface area is 95.7 Å². The Bertz CT molecular complexity index is 453. The molecule has 0 bridgehead atoms. The van der Waals surface area contributed by atoms with Crippen LogP contribution in [0, 0.1) is 0 Å². The van der Waals surface area contributed by atoms with Crippen LogP contribution in [0.3, 0.4) is 0 Å². The van der Waals surface area contributed by atoms with Gasteiger partial charge in [0, 0.05) is 10.6 Å². The van der Waals surface area contributed by atoms with E-state index in [0.29, 0.717) is 10.5 Å². The normalized spacial score (nSPS) is 11.4. The fraction of sp³-hybridized carbons (Fsp3) is 0.333. The van der Waals surface area contributed by atoms with E-state index in [1.54, 1.807) is 23.1 Å². The van der Waals surface area contributed by atoms with Crippen LogP contribution in [-0.4, -0.2) is 15.2 Å². The van der Waals surface area contributed by atoms with Crippen molar-refractivity contribution < 1.29 is 0 Å². The molecule has 2 heterocycles. The van der Waals surface area contributed by atoms with Gasteiger partial charge in [0.15, 0.2) is 0 Å². The lowest BCUT2D eigenvalue weighted by Crippen LogP contribution is -1.91. The third-order valence-corrected chi connectivity index (χ3v) is 3.59. The van der Waals surface area contributed by atoms with Gasteiger partial charge in [-0.1, -0.05) is 13.8 Å². The molecule has 0 aliphatic rings. The Morgan fingerprint density at radius 1 is 1.43 bits per heavy atom. The minimum Gasteiger partial charge on any atom is -0.211 e. The third kappa shape index (κ3) is 2.02. The van der Waals surface area contributed by atoms with Gasteiger partial charge in [-0.05, 0) is 23.0 Å². The van der Waals surface area contributed by atoms with E-state index in [-0.39, 0.29) is 0 Å². The van der Waals surface area contributed by atoms with Crippen LogP contribution in [0.15, 0.2) is 16.5 Å². The number of nitrogens with zero attached hydrogens (tertiary/aromatic N) is 2. The Morgan fingerprint density at radius 2 is 2.21 bits per heavy atom. The van der Waals surface area contributed by atoms with Crippen molar-refractivity contribution in [3.8, 4) is 0 Å². The molecule has 0 fully saturated rings. The van der Waals surface area contributed by atoms with Crippen LogP contribution >= 0.6 is 34.7 Å². The molecule has 0 spiro atoms. The first-order valence-electron chi connectivity index (χ1n) is 4.24. The van der Waals surface area contributed by atoms with Crippen LogP contribution in [-0.2, 0) is 0 Å². The van der Waals surface area contributed by atoms with Crippen LogP contribution < -0.4 is 0 Å². The van der Waals surface area contributed by atoms with Crippen molar-refractivity contribution in [2.45, 2.75) is 24.1 Å². The van der Waals surface area contributed by atoms with Gasteiger partial charge in [0.1, 0.15) is 9.86 Å². The summed E-state index contributed by atoms with van der Waals surface area (Å²) in [6.45, 7) is 4.28. The summed E-state index contributed by atoms with van der Waals surface area (Å²) < 4.78 is 0. The summed E-state index contributed by atoms with van der Waals surface area (Å²) in [5.74, 6) is 0. The SMILES string of the molecule is CC(C)Sc1nc(Cl)nc2sccc12. The van der Waals surface area contributed by atoms with Gasteiger partial charge < -0.3 is 0 Å². The van der Waals surface area contributed by atoms with Crippen LogP contribution in [0.4, 0.5) is 0 Å². The van der Waals surface area contributed by atoms with Crippen LogP contribution in [0.5, 0.6) is 0 Å². The van der Waals surface area contributed by atoms with E-state index in [2.05, 4.69) is 23.8 Å². The summed E-state index contributed by atoms with van der Waals surface area (Å²) in [7, 11) is 0. The highest BCUT2D eigenvalue weighted by Crippen LogP contribution is 2.31. The van der Waals surface area contributed by atoms with E-state index in [4.69, 9.17) is 11.6 Å². The maximum atomic E-state index is 5.84. The van der Waals surface area contributed by atoms with Crippen molar-refractivity contribution in [3.63, 3.8) is 0 Å². The largest absolute Gasteiger partial charge is 0.224 e. The third-order valence-electron chi connectivity index (χ3n) is 1.61. The molecule has 0 aliphatic heterocycles. The highest BCUT2D eigenvalue weighted by Gasteiger charge is 2.09. The topological polar surface area (TPSA) is 25.8 Å². The van der Waals surface area contributed by atoms with Crippen LogP contribution in [0.1, 0.15) is 13.8 Å². The lowest BCUT2D eigenvalue weighted by Gasteiger charge is -2.04. The summed E-state index contributed by atoms with van der Waals surface area (Å²) >= 11 is 9.15. The zero-order valence-electron chi connectivity index (χ0n) is 7.82. The van der Waals surface area contributed by atoms with Crippen molar-refractivity contribution in [3.05, 3.63) is 16.7 Å². The quantitative estimate of drug-likeness (QED) is 0.456. The molecule has 0 aromatic carbocycles. The first-order chi connectivity index (χ1) is 6.66. The fourth-order valence-corrected chi connectivity index (χ4v) is 3.09. The standard InChI is InChI=1S/C9H9ClN2S2/c1-5(2)14-8-6-3-4-13-7(6)11-9(10)12-8/h3-5H,1-2H3. The number of fused-ring (bicyclic) bond motifs is 1. The van der Waals surface area contributed by atoms with E-state index in [0.717, 1.165) is 15.2 Å². The average Bonchev–Trinajstić information content (AvgIpc) is 2.50. The molecular weight excluding hydrogens is 236 g/mol. The molecule has 74 valence electrons. The second-order valence-corrected chi connectivity index (χ2v) is 5.90. The molecule has 0 unspecified atom stereocenters. The van der Waals surface area contributed by atoms with Crippen molar-refractivity contribution in [2.24, 2.45) is 0 Å². The van der Waals surface area contributed by atoms with Crippen LogP contribution in [0.25, 0.3) is 10.2 Å².